The van der Waals surface area contributed by atoms with Gasteiger partial charge >= 0.3 is 0 Å². The zero-order valence-electron chi connectivity index (χ0n) is 12.9. The number of carbonyl (C=O) groups is 1. The molecule has 2 aliphatic carbocycles. The molecule has 4 unspecified atom stereocenters. The molecule has 0 radical (unpaired) electrons. The van der Waals surface area contributed by atoms with E-state index in [1.54, 1.807) is 0 Å². The first-order valence-electron chi connectivity index (χ1n) is 8.29. The summed E-state index contributed by atoms with van der Waals surface area (Å²) >= 11 is 0. The van der Waals surface area contributed by atoms with Gasteiger partial charge in [-0.05, 0) is 43.9 Å². The molecule has 4 nitrogen and oxygen atoms in total. The molecule has 4 heteroatoms. The third-order valence-corrected chi connectivity index (χ3v) is 4.68. The van der Waals surface area contributed by atoms with Crippen molar-refractivity contribution in [1.82, 2.24) is 5.32 Å². The van der Waals surface area contributed by atoms with Crippen molar-refractivity contribution in [2.45, 2.75) is 77.0 Å². The Morgan fingerprint density at radius 3 is 2.65 bits per heavy atom. The smallest absolute Gasteiger partial charge is 0.249 e. The van der Waals surface area contributed by atoms with Gasteiger partial charge in [-0.25, -0.2) is 0 Å². The van der Waals surface area contributed by atoms with Crippen LogP contribution in [0.4, 0.5) is 0 Å². The molecule has 2 aliphatic rings. The lowest BCUT2D eigenvalue weighted by molar-refractivity contribution is -0.139. The highest BCUT2D eigenvalue weighted by molar-refractivity contribution is 5.81. The topological polar surface area (TPSA) is 64.3 Å². The van der Waals surface area contributed by atoms with Gasteiger partial charge < -0.3 is 15.8 Å². The summed E-state index contributed by atoms with van der Waals surface area (Å²) in [6.07, 6.45) is 7.77. The van der Waals surface area contributed by atoms with Gasteiger partial charge in [0, 0.05) is 12.6 Å². The van der Waals surface area contributed by atoms with E-state index in [2.05, 4.69) is 12.2 Å². The van der Waals surface area contributed by atoms with Gasteiger partial charge in [0.1, 0.15) is 6.10 Å². The van der Waals surface area contributed by atoms with E-state index in [1.807, 2.05) is 6.92 Å². The molecule has 0 aromatic rings. The highest BCUT2D eigenvalue weighted by atomic mass is 16.5. The first-order valence-corrected chi connectivity index (χ1v) is 8.29. The van der Waals surface area contributed by atoms with Crippen LogP contribution in [-0.4, -0.2) is 30.7 Å². The Labute approximate surface area is 122 Å². The first kappa shape index (κ1) is 15.8. The van der Waals surface area contributed by atoms with Gasteiger partial charge in [0.25, 0.3) is 0 Å². The van der Waals surface area contributed by atoms with Crippen LogP contribution in [0, 0.1) is 11.8 Å². The normalized spacial score (nSPS) is 29.8. The van der Waals surface area contributed by atoms with E-state index in [1.165, 1.54) is 25.7 Å². The number of hydrogen-bond acceptors (Lipinski definition) is 3. The molecule has 0 spiro atoms. The zero-order chi connectivity index (χ0) is 14.5. The maximum absolute atomic E-state index is 12.3. The standard InChI is InChI=1S/C16H30N2O2/c1-3-15(20-13-6-4-5-11(2)9-13)16(19)18-14(10-17)12-7-8-12/h11-15H,3-10,17H2,1-2H3,(H,18,19). The zero-order valence-corrected chi connectivity index (χ0v) is 12.9. The second-order valence-corrected chi connectivity index (χ2v) is 6.61. The van der Waals surface area contributed by atoms with Crippen LogP contribution in [0.15, 0.2) is 0 Å². The van der Waals surface area contributed by atoms with Crippen LogP contribution in [0.25, 0.3) is 0 Å². The molecule has 0 heterocycles. The second kappa shape index (κ2) is 7.41. The van der Waals surface area contributed by atoms with Gasteiger partial charge in [-0.15, -0.1) is 0 Å². The third kappa shape index (κ3) is 4.45. The van der Waals surface area contributed by atoms with Gasteiger partial charge in [0.15, 0.2) is 0 Å². The van der Waals surface area contributed by atoms with Crippen LogP contribution >= 0.6 is 0 Å². The number of nitrogens with one attached hydrogen (secondary N) is 1. The lowest BCUT2D eigenvalue weighted by Crippen LogP contribution is -2.47. The summed E-state index contributed by atoms with van der Waals surface area (Å²) in [5.41, 5.74) is 5.75. The molecule has 20 heavy (non-hydrogen) atoms. The SMILES string of the molecule is CCC(OC1CCCC(C)C1)C(=O)NC(CN)C1CC1. The molecular weight excluding hydrogens is 252 g/mol. The summed E-state index contributed by atoms with van der Waals surface area (Å²) in [4.78, 5) is 12.3. The number of ether oxygens (including phenoxy) is 1. The number of nitrogens with two attached hydrogens (primary N) is 1. The molecule has 0 saturated heterocycles. The molecule has 0 aromatic heterocycles. The van der Waals surface area contributed by atoms with Crippen molar-refractivity contribution in [1.29, 1.82) is 0 Å². The number of hydrogen-bond donors (Lipinski definition) is 2. The van der Waals surface area contributed by atoms with Crippen LogP contribution in [0.5, 0.6) is 0 Å². The average Bonchev–Trinajstić information content (AvgIpc) is 3.26. The quantitative estimate of drug-likeness (QED) is 0.752. The molecule has 4 atom stereocenters. The van der Waals surface area contributed by atoms with Crippen molar-refractivity contribution >= 4 is 5.91 Å². The van der Waals surface area contributed by atoms with Crippen molar-refractivity contribution in [3.63, 3.8) is 0 Å². The van der Waals surface area contributed by atoms with Gasteiger partial charge in [-0.1, -0.05) is 26.7 Å². The second-order valence-electron chi connectivity index (χ2n) is 6.61. The van der Waals surface area contributed by atoms with E-state index in [0.717, 1.165) is 25.2 Å². The third-order valence-electron chi connectivity index (χ3n) is 4.68. The van der Waals surface area contributed by atoms with Gasteiger partial charge in [-0.2, -0.15) is 0 Å². The average molecular weight is 282 g/mol. The lowest BCUT2D eigenvalue weighted by atomic mass is 9.88. The first-order chi connectivity index (χ1) is 9.63. The Morgan fingerprint density at radius 2 is 2.10 bits per heavy atom. The summed E-state index contributed by atoms with van der Waals surface area (Å²) in [5, 5.41) is 3.09. The number of rotatable bonds is 7. The number of carbonyl (C=O) groups excluding carboxylic acids is 1. The van der Waals surface area contributed by atoms with E-state index in [9.17, 15) is 4.79 Å². The molecule has 3 N–H and O–H groups in total. The van der Waals surface area contributed by atoms with E-state index in [0.29, 0.717) is 12.5 Å². The van der Waals surface area contributed by atoms with Gasteiger partial charge in [-0.3, -0.25) is 4.79 Å². The number of amides is 1. The maximum Gasteiger partial charge on any atom is 0.249 e. The largest absolute Gasteiger partial charge is 0.365 e. The van der Waals surface area contributed by atoms with E-state index >= 15 is 0 Å². The van der Waals surface area contributed by atoms with Crippen LogP contribution in [0.3, 0.4) is 0 Å². The van der Waals surface area contributed by atoms with E-state index in [4.69, 9.17) is 10.5 Å². The van der Waals surface area contributed by atoms with Crippen molar-refractivity contribution < 1.29 is 9.53 Å². The molecule has 2 rings (SSSR count). The summed E-state index contributed by atoms with van der Waals surface area (Å²) in [5.74, 6) is 1.35. The Balaban J connectivity index is 1.81. The molecule has 0 aliphatic heterocycles. The summed E-state index contributed by atoms with van der Waals surface area (Å²) in [6.45, 7) is 4.83. The molecule has 2 fully saturated rings. The van der Waals surface area contributed by atoms with Gasteiger partial charge in [0.05, 0.1) is 6.10 Å². The monoisotopic (exact) mass is 282 g/mol. The van der Waals surface area contributed by atoms with Crippen LogP contribution in [0.2, 0.25) is 0 Å². The van der Waals surface area contributed by atoms with E-state index in [-0.39, 0.29) is 24.2 Å². The fourth-order valence-corrected chi connectivity index (χ4v) is 3.22. The molecule has 116 valence electrons. The van der Waals surface area contributed by atoms with Crippen molar-refractivity contribution in [2.75, 3.05) is 6.54 Å². The van der Waals surface area contributed by atoms with Crippen LogP contribution in [-0.2, 0) is 9.53 Å². The summed E-state index contributed by atoms with van der Waals surface area (Å²) in [7, 11) is 0. The van der Waals surface area contributed by atoms with Crippen LogP contribution < -0.4 is 11.1 Å². The highest BCUT2D eigenvalue weighted by Crippen LogP contribution is 2.32. The van der Waals surface area contributed by atoms with Gasteiger partial charge in [0.2, 0.25) is 5.91 Å². The Hall–Kier alpha value is -0.610. The fourth-order valence-electron chi connectivity index (χ4n) is 3.22. The molecular formula is C16H30N2O2. The van der Waals surface area contributed by atoms with Crippen molar-refractivity contribution in [3.8, 4) is 0 Å². The van der Waals surface area contributed by atoms with Crippen molar-refractivity contribution in [2.24, 2.45) is 17.6 Å². The molecule has 0 bridgehead atoms. The summed E-state index contributed by atoms with van der Waals surface area (Å²) in [6, 6.07) is 0.144. The summed E-state index contributed by atoms with van der Waals surface area (Å²) < 4.78 is 6.07. The maximum atomic E-state index is 12.3. The highest BCUT2D eigenvalue weighted by Gasteiger charge is 2.33. The Kier molecular flexibility index (Phi) is 5.85. The van der Waals surface area contributed by atoms with E-state index < -0.39 is 0 Å². The Bertz CT molecular complexity index is 318. The fraction of sp³-hybridized carbons (Fsp3) is 0.938. The minimum absolute atomic E-state index is 0.0353. The Morgan fingerprint density at radius 1 is 1.35 bits per heavy atom. The molecule has 2 saturated carbocycles. The predicted molar refractivity (Wildman–Crippen MR) is 80.3 cm³/mol. The van der Waals surface area contributed by atoms with Crippen LogP contribution in [0.1, 0.15) is 58.8 Å². The minimum Gasteiger partial charge on any atom is -0.365 e. The molecule has 1 amide bonds. The lowest BCUT2D eigenvalue weighted by Gasteiger charge is -2.30. The minimum atomic E-state index is -0.307. The molecule has 0 aromatic carbocycles. The van der Waals surface area contributed by atoms with Crippen molar-refractivity contribution in [3.05, 3.63) is 0 Å². The predicted octanol–water partition coefficient (Wildman–Crippen LogP) is 2.21.